The van der Waals surface area contributed by atoms with E-state index in [4.69, 9.17) is 0 Å². The van der Waals surface area contributed by atoms with Gasteiger partial charge < -0.3 is 4.72 Å². The third-order valence-electron chi connectivity index (χ3n) is 4.56. The SMILES string of the molecule is O=S(=O)([N-]CCCCc1ccccc1[S+](c1ccccc1)c1ccccc1)C(F)(F)F. The summed E-state index contributed by atoms with van der Waals surface area (Å²) in [5.41, 5.74) is -4.24. The summed E-state index contributed by atoms with van der Waals surface area (Å²) in [5.74, 6) is 0. The van der Waals surface area contributed by atoms with Gasteiger partial charge in [0.05, 0.1) is 10.9 Å². The zero-order chi connectivity index (χ0) is 22.3. The Kier molecular flexibility index (Phi) is 7.80. The zero-order valence-electron chi connectivity index (χ0n) is 16.6. The van der Waals surface area contributed by atoms with Crippen LogP contribution in [0.15, 0.2) is 99.6 Å². The number of aryl methyl sites for hydroxylation is 1. The number of unbranched alkanes of at least 4 members (excludes halogenated alkanes) is 1. The highest BCUT2D eigenvalue weighted by Crippen LogP contribution is 2.34. The number of sulfonamides is 1. The van der Waals surface area contributed by atoms with Crippen molar-refractivity contribution in [1.29, 1.82) is 0 Å². The molecule has 0 fully saturated rings. The summed E-state index contributed by atoms with van der Waals surface area (Å²) in [7, 11) is -5.74. The second kappa shape index (κ2) is 10.3. The van der Waals surface area contributed by atoms with E-state index in [1.54, 1.807) is 0 Å². The van der Waals surface area contributed by atoms with Gasteiger partial charge in [-0.2, -0.15) is 13.2 Å². The molecule has 0 spiro atoms. The van der Waals surface area contributed by atoms with Crippen molar-refractivity contribution in [2.24, 2.45) is 0 Å². The highest BCUT2D eigenvalue weighted by molar-refractivity contribution is 7.97. The van der Waals surface area contributed by atoms with Crippen molar-refractivity contribution in [3.05, 3.63) is 95.2 Å². The van der Waals surface area contributed by atoms with Crippen LogP contribution in [0.4, 0.5) is 13.2 Å². The Hall–Kier alpha value is -2.29. The minimum atomic E-state index is -5.41. The predicted octanol–water partition coefficient (Wildman–Crippen LogP) is 6.33. The van der Waals surface area contributed by atoms with Crippen LogP contribution >= 0.6 is 0 Å². The molecule has 0 atom stereocenters. The maximum atomic E-state index is 12.4. The fourth-order valence-electron chi connectivity index (χ4n) is 3.10. The van der Waals surface area contributed by atoms with Gasteiger partial charge >= 0.3 is 5.51 Å². The minimum absolute atomic E-state index is 0.258. The van der Waals surface area contributed by atoms with Crippen LogP contribution in [0, 0.1) is 0 Å². The Labute approximate surface area is 183 Å². The van der Waals surface area contributed by atoms with Gasteiger partial charge in [-0.3, -0.25) is 0 Å². The molecule has 0 amide bonds. The summed E-state index contributed by atoms with van der Waals surface area (Å²) < 4.78 is 62.1. The van der Waals surface area contributed by atoms with Crippen molar-refractivity contribution in [3.8, 4) is 0 Å². The lowest BCUT2D eigenvalue weighted by atomic mass is 10.1. The Morgan fingerprint density at radius 2 is 1.26 bits per heavy atom. The molecular formula is C23H22F3NO2S2. The van der Waals surface area contributed by atoms with Crippen molar-refractivity contribution in [1.82, 2.24) is 0 Å². The molecule has 164 valence electrons. The summed E-state index contributed by atoms with van der Waals surface area (Å²) in [6.07, 6.45) is 1.42. The fourth-order valence-corrected chi connectivity index (χ4v) is 5.90. The smallest absolute Gasteiger partial charge is 0.480 e. The summed E-state index contributed by atoms with van der Waals surface area (Å²) >= 11 is 0. The van der Waals surface area contributed by atoms with Gasteiger partial charge in [0.25, 0.3) is 0 Å². The molecule has 0 aliphatic rings. The van der Waals surface area contributed by atoms with Crippen LogP contribution in [-0.2, 0) is 27.3 Å². The quantitative estimate of drug-likeness (QED) is 0.274. The van der Waals surface area contributed by atoms with E-state index in [0.29, 0.717) is 12.8 Å². The molecule has 0 N–H and O–H groups in total. The highest BCUT2D eigenvalue weighted by Gasteiger charge is 2.38. The number of alkyl halides is 3. The van der Waals surface area contributed by atoms with E-state index in [1.807, 2.05) is 54.6 Å². The van der Waals surface area contributed by atoms with Gasteiger partial charge in [0.15, 0.2) is 24.7 Å². The number of nitrogens with zero attached hydrogens (tertiary/aromatic N) is 1. The van der Waals surface area contributed by atoms with Gasteiger partial charge in [0, 0.05) is 5.56 Å². The summed E-state index contributed by atoms with van der Waals surface area (Å²) in [6.45, 7) is -0.368. The Balaban J connectivity index is 1.76. The van der Waals surface area contributed by atoms with Crippen LogP contribution in [-0.4, -0.2) is 20.5 Å². The van der Waals surface area contributed by atoms with Crippen LogP contribution < -0.4 is 0 Å². The van der Waals surface area contributed by atoms with Crippen molar-refractivity contribution in [3.63, 3.8) is 0 Å². The molecular weight excluding hydrogens is 443 g/mol. The maximum absolute atomic E-state index is 12.4. The zero-order valence-corrected chi connectivity index (χ0v) is 18.3. The first-order valence-electron chi connectivity index (χ1n) is 9.72. The van der Waals surface area contributed by atoms with E-state index in [2.05, 4.69) is 35.1 Å². The first-order chi connectivity index (χ1) is 14.8. The molecule has 0 aliphatic heterocycles. The van der Waals surface area contributed by atoms with E-state index in [-0.39, 0.29) is 23.9 Å². The molecule has 0 unspecified atom stereocenters. The first-order valence-corrected chi connectivity index (χ1v) is 12.4. The van der Waals surface area contributed by atoms with Gasteiger partial charge in [0.2, 0.25) is 0 Å². The minimum Gasteiger partial charge on any atom is -0.541 e. The molecule has 0 saturated heterocycles. The molecule has 3 rings (SSSR count). The second-order valence-electron chi connectivity index (χ2n) is 6.77. The summed E-state index contributed by atoms with van der Waals surface area (Å²) in [4.78, 5) is 3.50. The molecule has 3 nitrogen and oxygen atoms in total. The van der Waals surface area contributed by atoms with Crippen LogP contribution in [0.1, 0.15) is 18.4 Å². The van der Waals surface area contributed by atoms with Gasteiger partial charge in [-0.25, -0.2) is 8.42 Å². The van der Waals surface area contributed by atoms with E-state index in [0.717, 1.165) is 10.5 Å². The first kappa shape index (κ1) is 23.4. The van der Waals surface area contributed by atoms with Gasteiger partial charge in [-0.1, -0.05) is 67.4 Å². The van der Waals surface area contributed by atoms with Crippen LogP contribution in [0.5, 0.6) is 0 Å². The number of halogens is 3. The lowest BCUT2D eigenvalue weighted by Crippen LogP contribution is -2.22. The molecule has 8 heteroatoms. The normalized spacial score (nSPS) is 12.3. The monoisotopic (exact) mass is 465 g/mol. The summed E-state index contributed by atoms with van der Waals surface area (Å²) in [5, 5.41) is 0. The van der Waals surface area contributed by atoms with E-state index in [1.165, 1.54) is 9.79 Å². The molecule has 31 heavy (non-hydrogen) atoms. The van der Waals surface area contributed by atoms with Gasteiger partial charge in [-0.15, -0.1) is 6.54 Å². The largest absolute Gasteiger partial charge is 0.541 e. The third kappa shape index (κ3) is 6.12. The van der Waals surface area contributed by atoms with Crippen LogP contribution in [0.2, 0.25) is 0 Å². The molecule has 0 aliphatic carbocycles. The van der Waals surface area contributed by atoms with E-state index < -0.39 is 15.5 Å². The van der Waals surface area contributed by atoms with Gasteiger partial charge in [0.1, 0.15) is 0 Å². The predicted molar refractivity (Wildman–Crippen MR) is 118 cm³/mol. The maximum Gasteiger partial charge on any atom is 0.480 e. The fraction of sp³-hybridized carbons (Fsp3) is 0.217. The molecule has 0 aromatic heterocycles. The standard InChI is InChI=1S/C23H22F3NO2S2/c24-23(25,26)31(28,29)27-18-10-9-12-19-11-7-8-17-22(19)30(20-13-3-1-4-14-20)21-15-5-2-6-16-21/h1-8,11,13-17H,9-10,12,18H2. The number of benzene rings is 3. The third-order valence-corrected chi connectivity index (χ3v) is 7.99. The Bertz CT molecular complexity index is 1030. The lowest BCUT2D eigenvalue weighted by molar-refractivity contribution is -0.0427. The molecule has 3 aromatic rings. The van der Waals surface area contributed by atoms with Gasteiger partial charge in [-0.05, 0) is 36.8 Å². The average molecular weight is 466 g/mol. The van der Waals surface area contributed by atoms with E-state index in [9.17, 15) is 21.6 Å². The average Bonchev–Trinajstić information content (AvgIpc) is 2.75. The molecule has 0 radical (unpaired) electrons. The Morgan fingerprint density at radius 3 is 1.81 bits per heavy atom. The highest BCUT2D eigenvalue weighted by atomic mass is 32.2. The van der Waals surface area contributed by atoms with Crippen molar-refractivity contribution in [2.45, 2.75) is 39.5 Å². The summed E-state index contributed by atoms with van der Waals surface area (Å²) in [6, 6.07) is 28.3. The number of hydrogen-bond acceptors (Lipinski definition) is 2. The van der Waals surface area contributed by atoms with Crippen molar-refractivity contribution < 1.29 is 21.6 Å². The Morgan fingerprint density at radius 1 is 0.742 bits per heavy atom. The van der Waals surface area contributed by atoms with Crippen molar-refractivity contribution in [2.75, 3.05) is 6.54 Å². The molecule has 0 heterocycles. The number of rotatable bonds is 9. The lowest BCUT2D eigenvalue weighted by Gasteiger charge is -2.21. The second-order valence-corrected chi connectivity index (χ2v) is 10.4. The molecule has 0 bridgehead atoms. The van der Waals surface area contributed by atoms with Crippen LogP contribution in [0.3, 0.4) is 0 Å². The number of hydrogen-bond donors (Lipinski definition) is 0. The molecule has 0 saturated carbocycles. The van der Waals surface area contributed by atoms with Crippen molar-refractivity contribution >= 4 is 20.9 Å². The molecule has 3 aromatic carbocycles. The topological polar surface area (TPSA) is 48.2 Å². The van der Waals surface area contributed by atoms with E-state index >= 15 is 0 Å². The van der Waals surface area contributed by atoms with Crippen LogP contribution in [0.25, 0.3) is 4.72 Å².